The molecule has 2 rings (SSSR count). The van der Waals surface area contributed by atoms with Crippen LogP contribution in [0.15, 0.2) is 0 Å². The fourth-order valence-electron chi connectivity index (χ4n) is 2.31. The van der Waals surface area contributed by atoms with Gasteiger partial charge in [-0.15, -0.1) is 0 Å². The average Bonchev–Trinajstić information content (AvgIpc) is 2.96. The zero-order valence-electron chi connectivity index (χ0n) is 8.94. The van der Waals surface area contributed by atoms with Gasteiger partial charge >= 0.3 is 0 Å². The summed E-state index contributed by atoms with van der Waals surface area (Å²) in [5.74, 6) is 0.279. The molecule has 0 radical (unpaired) electrons. The molecule has 1 saturated carbocycles. The highest BCUT2D eigenvalue weighted by Gasteiger charge is 2.54. The highest BCUT2D eigenvalue weighted by molar-refractivity contribution is 5.88. The predicted molar refractivity (Wildman–Crippen MR) is 53.6 cm³/mol. The minimum absolute atomic E-state index is 0.00835. The lowest BCUT2D eigenvalue weighted by molar-refractivity contribution is -0.136. The molecule has 4 heteroatoms. The summed E-state index contributed by atoms with van der Waals surface area (Å²) in [5, 5.41) is 18.2. The van der Waals surface area contributed by atoms with E-state index < -0.39 is 5.41 Å². The monoisotopic (exact) mass is 208 g/mol. The van der Waals surface area contributed by atoms with Gasteiger partial charge in [0, 0.05) is 6.54 Å². The van der Waals surface area contributed by atoms with Gasteiger partial charge in [-0.3, -0.25) is 4.79 Å². The quantitative estimate of drug-likeness (QED) is 0.719. The second-order valence-electron chi connectivity index (χ2n) is 4.71. The molecule has 0 aromatic carbocycles. The van der Waals surface area contributed by atoms with Crippen LogP contribution in [0.5, 0.6) is 0 Å². The van der Waals surface area contributed by atoms with E-state index in [0.29, 0.717) is 25.3 Å². The number of hydrogen-bond donors (Lipinski definition) is 1. The number of hydrogen-bond acceptors (Lipinski definition) is 3. The zero-order chi connectivity index (χ0) is 11.1. The van der Waals surface area contributed by atoms with Crippen molar-refractivity contribution in [1.82, 2.24) is 4.90 Å². The van der Waals surface area contributed by atoms with Crippen LogP contribution in [0.2, 0.25) is 0 Å². The zero-order valence-corrected chi connectivity index (χ0v) is 8.94. The van der Waals surface area contributed by atoms with Crippen LogP contribution in [-0.2, 0) is 4.79 Å². The summed E-state index contributed by atoms with van der Waals surface area (Å²) in [6.07, 6.45) is 2.30. The largest absolute Gasteiger partial charge is 0.394 e. The van der Waals surface area contributed by atoms with Gasteiger partial charge in [-0.2, -0.15) is 5.26 Å². The van der Waals surface area contributed by atoms with Gasteiger partial charge in [-0.25, -0.2) is 0 Å². The minimum atomic E-state index is -0.739. The Morgan fingerprint density at radius 1 is 1.67 bits per heavy atom. The van der Waals surface area contributed by atoms with Crippen LogP contribution in [0, 0.1) is 22.7 Å². The van der Waals surface area contributed by atoms with E-state index in [4.69, 9.17) is 5.26 Å². The van der Waals surface area contributed by atoms with Crippen LogP contribution >= 0.6 is 0 Å². The van der Waals surface area contributed by atoms with Crippen molar-refractivity contribution in [3.05, 3.63) is 0 Å². The lowest BCUT2D eigenvalue weighted by Crippen LogP contribution is -2.43. The van der Waals surface area contributed by atoms with Crippen molar-refractivity contribution < 1.29 is 9.90 Å². The first-order valence-corrected chi connectivity index (χ1v) is 5.48. The maximum atomic E-state index is 12.1. The Balaban J connectivity index is 2.12. The van der Waals surface area contributed by atoms with Gasteiger partial charge in [0.05, 0.1) is 18.7 Å². The topological polar surface area (TPSA) is 64.3 Å². The van der Waals surface area contributed by atoms with Crippen LogP contribution < -0.4 is 0 Å². The van der Waals surface area contributed by atoms with Crippen LogP contribution in [0.4, 0.5) is 0 Å². The molecule has 0 bridgehead atoms. The number of aliphatic hydroxyl groups excluding tert-OH is 1. The average molecular weight is 208 g/mol. The Labute approximate surface area is 89.5 Å². The number of carbonyl (C=O) groups is 1. The van der Waals surface area contributed by atoms with E-state index in [1.54, 1.807) is 4.90 Å². The lowest BCUT2D eigenvalue weighted by Gasteiger charge is -2.26. The second-order valence-corrected chi connectivity index (χ2v) is 4.71. The number of amides is 1. The normalized spacial score (nSPS) is 32.5. The highest BCUT2D eigenvalue weighted by atomic mass is 16.3. The van der Waals surface area contributed by atoms with Gasteiger partial charge in [0.15, 0.2) is 0 Å². The molecule has 1 heterocycles. The lowest BCUT2D eigenvalue weighted by atomic mass is 10.0. The fourth-order valence-corrected chi connectivity index (χ4v) is 2.31. The van der Waals surface area contributed by atoms with Crippen molar-refractivity contribution in [3.8, 4) is 6.07 Å². The molecule has 2 unspecified atom stereocenters. The van der Waals surface area contributed by atoms with E-state index in [1.165, 1.54) is 0 Å². The molecule has 1 aliphatic heterocycles. The molecule has 2 atom stereocenters. The maximum absolute atomic E-state index is 12.1. The second kappa shape index (κ2) is 3.49. The Hall–Kier alpha value is -1.08. The molecule has 2 fully saturated rings. The third-order valence-electron chi connectivity index (χ3n) is 3.70. The van der Waals surface area contributed by atoms with Gasteiger partial charge in [0.1, 0.15) is 5.41 Å². The van der Waals surface area contributed by atoms with E-state index in [1.807, 2.05) is 6.92 Å². The van der Waals surface area contributed by atoms with Crippen LogP contribution in [0.25, 0.3) is 0 Å². The van der Waals surface area contributed by atoms with Crippen molar-refractivity contribution in [2.75, 3.05) is 13.2 Å². The molecule has 1 amide bonds. The van der Waals surface area contributed by atoms with E-state index in [0.717, 1.165) is 6.42 Å². The molecular weight excluding hydrogens is 192 g/mol. The first-order chi connectivity index (χ1) is 7.14. The summed E-state index contributed by atoms with van der Waals surface area (Å²) in [6.45, 7) is 2.74. The smallest absolute Gasteiger partial charge is 0.243 e. The molecule has 1 N–H and O–H groups in total. The Bertz CT molecular complexity index is 317. The maximum Gasteiger partial charge on any atom is 0.243 e. The Morgan fingerprint density at radius 2 is 2.33 bits per heavy atom. The fraction of sp³-hybridized carbons (Fsp3) is 0.818. The van der Waals surface area contributed by atoms with Crippen molar-refractivity contribution in [2.45, 2.75) is 32.2 Å². The SMILES string of the molecule is CC1CCN(C(=O)C2(C#N)CC2)C1CO. The third kappa shape index (κ3) is 1.51. The van der Waals surface area contributed by atoms with Gasteiger partial charge in [0.2, 0.25) is 5.91 Å². The van der Waals surface area contributed by atoms with E-state index in [9.17, 15) is 9.90 Å². The number of rotatable bonds is 2. The molecule has 82 valence electrons. The van der Waals surface area contributed by atoms with Gasteiger partial charge < -0.3 is 10.0 Å². The third-order valence-corrected chi connectivity index (χ3v) is 3.70. The number of aliphatic hydroxyl groups is 1. The van der Waals surface area contributed by atoms with Gasteiger partial charge in [-0.05, 0) is 25.2 Å². The summed E-state index contributed by atoms with van der Waals surface area (Å²) < 4.78 is 0. The number of nitrogens with zero attached hydrogens (tertiary/aromatic N) is 2. The van der Waals surface area contributed by atoms with Crippen molar-refractivity contribution in [3.63, 3.8) is 0 Å². The van der Waals surface area contributed by atoms with Gasteiger partial charge in [-0.1, -0.05) is 6.92 Å². The molecule has 4 nitrogen and oxygen atoms in total. The Morgan fingerprint density at radius 3 is 2.80 bits per heavy atom. The minimum Gasteiger partial charge on any atom is -0.394 e. The highest BCUT2D eigenvalue weighted by Crippen LogP contribution is 2.47. The summed E-state index contributed by atoms with van der Waals surface area (Å²) in [7, 11) is 0. The molecule has 1 saturated heterocycles. The summed E-state index contributed by atoms with van der Waals surface area (Å²) >= 11 is 0. The summed E-state index contributed by atoms with van der Waals surface area (Å²) in [5.41, 5.74) is -0.739. The van der Waals surface area contributed by atoms with Gasteiger partial charge in [0.25, 0.3) is 0 Å². The molecular formula is C11H16N2O2. The van der Waals surface area contributed by atoms with E-state index in [-0.39, 0.29) is 18.6 Å². The standard InChI is InChI=1S/C11H16N2O2/c1-8-2-5-13(9(8)6-14)10(15)11(7-12)3-4-11/h8-9,14H,2-6H2,1H3. The van der Waals surface area contributed by atoms with Crippen molar-refractivity contribution in [1.29, 1.82) is 5.26 Å². The number of carbonyl (C=O) groups excluding carboxylic acids is 1. The molecule has 0 aromatic heterocycles. The van der Waals surface area contributed by atoms with Crippen molar-refractivity contribution in [2.24, 2.45) is 11.3 Å². The molecule has 0 spiro atoms. The van der Waals surface area contributed by atoms with E-state index in [2.05, 4.69) is 6.07 Å². The molecule has 1 aliphatic carbocycles. The number of likely N-dealkylation sites (tertiary alicyclic amines) is 1. The van der Waals surface area contributed by atoms with Crippen LogP contribution in [0.3, 0.4) is 0 Å². The Kier molecular flexibility index (Phi) is 2.43. The molecule has 15 heavy (non-hydrogen) atoms. The van der Waals surface area contributed by atoms with Crippen LogP contribution in [-0.4, -0.2) is 35.1 Å². The summed E-state index contributed by atoms with van der Waals surface area (Å²) in [6, 6.07) is 2.04. The molecule has 0 aromatic rings. The van der Waals surface area contributed by atoms with Crippen molar-refractivity contribution >= 4 is 5.91 Å². The number of nitriles is 1. The molecule has 2 aliphatic rings. The first kappa shape index (κ1) is 10.4. The summed E-state index contributed by atoms with van der Waals surface area (Å²) in [4.78, 5) is 13.8. The first-order valence-electron chi connectivity index (χ1n) is 5.48. The van der Waals surface area contributed by atoms with E-state index >= 15 is 0 Å². The predicted octanol–water partition coefficient (Wildman–Crippen LogP) is 0.519. The van der Waals surface area contributed by atoms with Crippen LogP contribution in [0.1, 0.15) is 26.2 Å².